The van der Waals surface area contributed by atoms with Crippen molar-refractivity contribution < 1.29 is 17.6 Å². The average molecular weight is 364 g/mol. The molecule has 0 aliphatic heterocycles. The van der Waals surface area contributed by atoms with Gasteiger partial charge in [-0.15, -0.1) is 0 Å². The van der Waals surface area contributed by atoms with E-state index in [1.807, 2.05) is 12.1 Å². The van der Waals surface area contributed by atoms with Crippen molar-refractivity contribution in [3.63, 3.8) is 0 Å². The van der Waals surface area contributed by atoms with Crippen molar-refractivity contribution in [1.82, 2.24) is 4.72 Å². The Hall–Kier alpha value is -2.25. The monoisotopic (exact) mass is 364 g/mol. The Balaban J connectivity index is 2.03. The standard InChI is InChI=1S/C18H21FN2O3S/c1-12(2)14-4-8-16(9-5-14)20-18(22)13(3)21-25(23,24)17-10-6-15(19)7-11-17/h4-13,21H,1-3H3,(H,20,22). The molecule has 1 atom stereocenters. The van der Waals surface area contributed by atoms with E-state index in [2.05, 4.69) is 23.9 Å². The predicted octanol–water partition coefficient (Wildman–Crippen LogP) is 3.25. The van der Waals surface area contributed by atoms with Gasteiger partial charge in [0.05, 0.1) is 10.9 Å². The summed E-state index contributed by atoms with van der Waals surface area (Å²) in [6.07, 6.45) is 0. The van der Waals surface area contributed by atoms with Gasteiger partial charge < -0.3 is 5.32 Å². The van der Waals surface area contributed by atoms with E-state index in [9.17, 15) is 17.6 Å². The largest absolute Gasteiger partial charge is 0.325 e. The lowest BCUT2D eigenvalue weighted by Crippen LogP contribution is -2.41. The molecule has 0 saturated carbocycles. The maximum atomic E-state index is 12.9. The Bertz CT molecular complexity index is 832. The van der Waals surface area contributed by atoms with Crippen molar-refractivity contribution in [3.8, 4) is 0 Å². The molecule has 7 heteroatoms. The normalized spacial score (nSPS) is 12.8. The Labute approximate surface area is 147 Å². The summed E-state index contributed by atoms with van der Waals surface area (Å²) in [4.78, 5) is 12.1. The molecule has 0 aromatic heterocycles. The zero-order valence-electron chi connectivity index (χ0n) is 14.3. The minimum Gasteiger partial charge on any atom is -0.325 e. The van der Waals surface area contributed by atoms with E-state index in [1.54, 1.807) is 12.1 Å². The fourth-order valence-electron chi connectivity index (χ4n) is 2.17. The number of hydrogen-bond donors (Lipinski definition) is 2. The molecule has 134 valence electrons. The first-order valence-electron chi connectivity index (χ1n) is 7.88. The zero-order valence-corrected chi connectivity index (χ0v) is 15.1. The third-order valence-electron chi connectivity index (χ3n) is 3.69. The van der Waals surface area contributed by atoms with Crippen LogP contribution in [0.25, 0.3) is 0 Å². The fourth-order valence-corrected chi connectivity index (χ4v) is 3.37. The van der Waals surface area contributed by atoms with E-state index in [4.69, 9.17) is 0 Å². The van der Waals surface area contributed by atoms with Crippen LogP contribution >= 0.6 is 0 Å². The molecular formula is C18H21FN2O3S. The zero-order chi connectivity index (χ0) is 18.6. The summed E-state index contributed by atoms with van der Waals surface area (Å²) in [7, 11) is -3.91. The van der Waals surface area contributed by atoms with Gasteiger partial charge in [-0.25, -0.2) is 12.8 Å². The van der Waals surface area contributed by atoms with Crippen LogP contribution in [0, 0.1) is 5.82 Å². The van der Waals surface area contributed by atoms with Gasteiger partial charge in [0.1, 0.15) is 5.82 Å². The number of sulfonamides is 1. The molecule has 1 amide bonds. The van der Waals surface area contributed by atoms with Crippen molar-refractivity contribution in [2.45, 2.75) is 37.6 Å². The molecule has 2 aromatic carbocycles. The molecule has 2 aromatic rings. The highest BCUT2D eigenvalue weighted by atomic mass is 32.2. The summed E-state index contributed by atoms with van der Waals surface area (Å²) in [6, 6.07) is 10.8. The summed E-state index contributed by atoms with van der Waals surface area (Å²) in [5, 5.41) is 2.67. The fraction of sp³-hybridized carbons (Fsp3) is 0.278. The molecule has 0 aliphatic carbocycles. The van der Waals surface area contributed by atoms with Crippen molar-refractivity contribution in [2.24, 2.45) is 0 Å². The van der Waals surface area contributed by atoms with E-state index in [0.29, 0.717) is 11.6 Å². The Morgan fingerprint density at radius 1 is 0.960 bits per heavy atom. The van der Waals surface area contributed by atoms with Gasteiger partial charge in [-0.2, -0.15) is 4.72 Å². The molecule has 0 radical (unpaired) electrons. The third-order valence-corrected chi connectivity index (χ3v) is 5.25. The first-order chi connectivity index (χ1) is 11.7. The topological polar surface area (TPSA) is 75.3 Å². The van der Waals surface area contributed by atoms with Crippen LogP contribution in [0.4, 0.5) is 10.1 Å². The van der Waals surface area contributed by atoms with Gasteiger partial charge in [0.2, 0.25) is 15.9 Å². The molecule has 1 unspecified atom stereocenters. The SMILES string of the molecule is CC(NS(=O)(=O)c1ccc(F)cc1)C(=O)Nc1ccc(C(C)C)cc1. The number of nitrogens with one attached hydrogen (secondary N) is 2. The van der Waals surface area contributed by atoms with Crippen LogP contribution in [0.5, 0.6) is 0 Å². The van der Waals surface area contributed by atoms with Crippen LogP contribution in [0.3, 0.4) is 0 Å². The molecular weight excluding hydrogens is 343 g/mol. The van der Waals surface area contributed by atoms with E-state index < -0.39 is 27.8 Å². The highest BCUT2D eigenvalue weighted by Crippen LogP contribution is 2.17. The number of halogens is 1. The van der Waals surface area contributed by atoms with Crippen molar-refractivity contribution in [2.75, 3.05) is 5.32 Å². The van der Waals surface area contributed by atoms with E-state index in [-0.39, 0.29) is 4.90 Å². The summed E-state index contributed by atoms with van der Waals surface area (Å²) < 4.78 is 39.6. The van der Waals surface area contributed by atoms with Crippen molar-refractivity contribution in [1.29, 1.82) is 0 Å². The van der Waals surface area contributed by atoms with Crippen LogP contribution in [-0.4, -0.2) is 20.4 Å². The summed E-state index contributed by atoms with van der Waals surface area (Å²) in [6.45, 7) is 5.58. The molecule has 0 heterocycles. The lowest BCUT2D eigenvalue weighted by atomic mass is 10.0. The van der Waals surface area contributed by atoms with E-state index in [1.165, 1.54) is 6.92 Å². The van der Waals surface area contributed by atoms with Crippen LogP contribution in [-0.2, 0) is 14.8 Å². The minimum absolute atomic E-state index is 0.102. The number of carbonyl (C=O) groups excluding carboxylic acids is 1. The lowest BCUT2D eigenvalue weighted by molar-refractivity contribution is -0.117. The Morgan fingerprint density at radius 2 is 1.52 bits per heavy atom. The van der Waals surface area contributed by atoms with Crippen molar-refractivity contribution in [3.05, 3.63) is 59.9 Å². The van der Waals surface area contributed by atoms with Gasteiger partial charge in [0.15, 0.2) is 0 Å². The van der Waals surface area contributed by atoms with Crippen LogP contribution in [0.1, 0.15) is 32.3 Å². The molecule has 0 spiro atoms. The quantitative estimate of drug-likeness (QED) is 0.826. The minimum atomic E-state index is -3.91. The molecule has 2 rings (SSSR count). The molecule has 0 bridgehead atoms. The molecule has 0 fully saturated rings. The van der Waals surface area contributed by atoms with Crippen LogP contribution in [0.2, 0.25) is 0 Å². The predicted molar refractivity (Wildman–Crippen MR) is 95.3 cm³/mol. The highest BCUT2D eigenvalue weighted by molar-refractivity contribution is 7.89. The Kier molecular flexibility index (Phi) is 5.92. The second-order valence-electron chi connectivity index (χ2n) is 6.06. The molecule has 2 N–H and O–H groups in total. The van der Waals surface area contributed by atoms with Gasteiger partial charge in [0, 0.05) is 5.69 Å². The first kappa shape index (κ1) is 19.1. The second-order valence-corrected chi connectivity index (χ2v) is 7.78. The summed E-state index contributed by atoms with van der Waals surface area (Å²) >= 11 is 0. The Morgan fingerprint density at radius 3 is 2.04 bits per heavy atom. The number of rotatable bonds is 6. The molecule has 0 aliphatic rings. The number of benzene rings is 2. The average Bonchev–Trinajstić information content (AvgIpc) is 2.55. The third kappa shape index (κ3) is 5.11. The van der Waals surface area contributed by atoms with Gasteiger partial charge in [-0.3, -0.25) is 4.79 Å². The van der Waals surface area contributed by atoms with Crippen molar-refractivity contribution >= 4 is 21.6 Å². The number of anilines is 1. The van der Waals surface area contributed by atoms with E-state index >= 15 is 0 Å². The van der Waals surface area contributed by atoms with Gasteiger partial charge >= 0.3 is 0 Å². The highest BCUT2D eigenvalue weighted by Gasteiger charge is 2.22. The lowest BCUT2D eigenvalue weighted by Gasteiger charge is -2.15. The first-order valence-corrected chi connectivity index (χ1v) is 9.36. The van der Waals surface area contributed by atoms with Gasteiger partial charge in [-0.05, 0) is 54.8 Å². The van der Waals surface area contributed by atoms with Gasteiger partial charge in [-0.1, -0.05) is 26.0 Å². The number of amides is 1. The maximum absolute atomic E-state index is 12.9. The van der Waals surface area contributed by atoms with Crippen LogP contribution < -0.4 is 10.0 Å². The smallest absolute Gasteiger partial charge is 0.242 e. The molecule has 5 nitrogen and oxygen atoms in total. The number of hydrogen-bond acceptors (Lipinski definition) is 3. The number of carbonyl (C=O) groups is 1. The van der Waals surface area contributed by atoms with Gasteiger partial charge in [0.25, 0.3) is 0 Å². The maximum Gasteiger partial charge on any atom is 0.242 e. The van der Waals surface area contributed by atoms with E-state index in [0.717, 1.165) is 29.8 Å². The summed E-state index contributed by atoms with van der Waals surface area (Å²) in [5.74, 6) is -0.635. The van der Waals surface area contributed by atoms with Crippen LogP contribution in [0.15, 0.2) is 53.4 Å². The molecule has 25 heavy (non-hydrogen) atoms. The summed E-state index contributed by atoms with van der Waals surface area (Å²) in [5.41, 5.74) is 1.73. The molecule has 0 saturated heterocycles. The second kappa shape index (κ2) is 7.76.